The van der Waals surface area contributed by atoms with Crippen LogP contribution in [0.1, 0.15) is 0 Å². The van der Waals surface area contributed by atoms with Gasteiger partial charge in [-0.2, -0.15) is 0 Å². The van der Waals surface area contributed by atoms with Gasteiger partial charge < -0.3 is 15.2 Å². The van der Waals surface area contributed by atoms with Crippen LogP contribution in [0.4, 0.5) is 0 Å². The minimum absolute atomic E-state index is 0.220. The largest absolute Gasteiger partial charge is 0.615 e. The van der Waals surface area contributed by atoms with Gasteiger partial charge in [-0.05, 0) is 4.57 Å². The van der Waals surface area contributed by atoms with Crippen LogP contribution in [0.15, 0.2) is 0 Å². The lowest BCUT2D eigenvalue weighted by atomic mass is 10.3. The van der Waals surface area contributed by atoms with Crippen molar-refractivity contribution in [3.63, 3.8) is 0 Å². The lowest BCUT2D eigenvalue weighted by Crippen LogP contribution is -2.46. The molecule has 14 heavy (non-hydrogen) atoms. The Morgan fingerprint density at radius 1 is 1.64 bits per heavy atom. The smallest absolute Gasteiger partial charge is 0.367 e. The van der Waals surface area contributed by atoms with Crippen LogP contribution in [-0.4, -0.2) is 56.0 Å². The first kappa shape index (κ1) is 12.0. The van der Waals surface area contributed by atoms with Gasteiger partial charge in [0, 0.05) is 27.2 Å². The van der Waals surface area contributed by atoms with Crippen LogP contribution in [-0.2, 0) is 13.8 Å². The first-order chi connectivity index (χ1) is 6.59. The molecule has 82 valence electrons. The highest BCUT2D eigenvalue weighted by Gasteiger charge is 2.27. The lowest BCUT2D eigenvalue weighted by molar-refractivity contribution is -0.159. The summed E-state index contributed by atoms with van der Waals surface area (Å²) in [5, 5.41) is 12.1. The van der Waals surface area contributed by atoms with Gasteiger partial charge in [0.05, 0.1) is 0 Å². The van der Waals surface area contributed by atoms with E-state index in [-0.39, 0.29) is 12.7 Å². The van der Waals surface area contributed by atoms with E-state index in [1.165, 1.54) is 4.67 Å². The molecule has 0 bridgehead atoms. The van der Waals surface area contributed by atoms with Crippen LogP contribution in [0.2, 0.25) is 0 Å². The molecule has 0 spiro atoms. The zero-order valence-electron chi connectivity index (χ0n) is 8.34. The molecule has 0 aliphatic carbocycles. The average Bonchev–Trinajstić information content (AvgIpc) is 2.14. The normalized spacial score (nSPS) is 29.3. The van der Waals surface area contributed by atoms with E-state index in [0.29, 0.717) is 13.1 Å². The van der Waals surface area contributed by atoms with Crippen molar-refractivity contribution in [1.29, 1.82) is 0 Å². The summed E-state index contributed by atoms with van der Waals surface area (Å²) in [6, 6.07) is 0. The zero-order chi connectivity index (χ0) is 10.6. The molecule has 1 aliphatic heterocycles. The highest BCUT2D eigenvalue weighted by atomic mass is 31.1. The maximum Gasteiger partial charge on any atom is 0.615 e. The van der Waals surface area contributed by atoms with Crippen LogP contribution in [0, 0.1) is 0 Å². The number of ether oxygens (including phenoxy) is 1. The summed E-state index contributed by atoms with van der Waals surface area (Å²) in [7, 11) is 1.56. The van der Waals surface area contributed by atoms with Crippen molar-refractivity contribution in [2.75, 3.05) is 33.8 Å². The van der Waals surface area contributed by atoms with E-state index in [1.807, 2.05) is 0 Å². The van der Waals surface area contributed by atoms with Gasteiger partial charge in [-0.25, -0.2) is 0 Å². The number of β-amino-alcohol motifs (C(OH)–C–C–N with tert-alkyl or cyclic N) is 1. The predicted molar refractivity (Wildman–Crippen MR) is 51.0 cm³/mol. The second-order valence-electron chi connectivity index (χ2n) is 3.25. The molecule has 0 amide bonds. The maximum atomic E-state index is 11.2. The zero-order valence-corrected chi connectivity index (χ0v) is 9.24. The Morgan fingerprint density at radius 2 is 2.36 bits per heavy atom. The van der Waals surface area contributed by atoms with Crippen LogP contribution < -0.4 is 5.32 Å². The first-order valence-electron chi connectivity index (χ1n) is 4.41. The molecule has 1 heterocycles. The molecule has 1 saturated heterocycles. The Balaban J connectivity index is 2.20. The monoisotopic (exact) mass is 223 g/mol. The van der Waals surface area contributed by atoms with Gasteiger partial charge in [0.15, 0.2) is 6.29 Å². The first-order valence-corrected chi connectivity index (χ1v) is 5.54. The number of morpholine rings is 1. The van der Waals surface area contributed by atoms with E-state index in [0.717, 1.165) is 0 Å². The van der Waals surface area contributed by atoms with Crippen molar-refractivity contribution in [1.82, 2.24) is 9.99 Å². The van der Waals surface area contributed by atoms with Crippen LogP contribution >= 0.6 is 8.18 Å². The fraction of sp³-hybridized carbons (Fsp3) is 1.00. The molecule has 1 fully saturated rings. The number of aliphatic hydroxyl groups is 1. The number of nitrogens with one attached hydrogen (secondary N) is 1. The molecule has 3 atom stereocenters. The molecule has 7 heteroatoms. The van der Waals surface area contributed by atoms with Gasteiger partial charge >= 0.3 is 8.18 Å². The fourth-order valence-corrected chi connectivity index (χ4v) is 1.57. The summed E-state index contributed by atoms with van der Waals surface area (Å²) in [5.74, 6) is 0. The Hall–Kier alpha value is -0.100. The molecule has 1 aliphatic rings. The number of rotatable bonds is 4. The highest BCUT2D eigenvalue weighted by molar-refractivity contribution is 7.36. The van der Waals surface area contributed by atoms with E-state index >= 15 is 0 Å². The minimum atomic E-state index is -1.78. The van der Waals surface area contributed by atoms with Gasteiger partial charge in [0.25, 0.3) is 0 Å². The minimum Gasteiger partial charge on any atom is -0.367 e. The van der Waals surface area contributed by atoms with Crippen molar-refractivity contribution >= 4 is 8.18 Å². The Labute approximate surface area is 84.1 Å². The molecule has 0 aromatic rings. The summed E-state index contributed by atoms with van der Waals surface area (Å²) in [6.45, 7) is 1.25. The fourth-order valence-electron chi connectivity index (χ4n) is 1.05. The molecular weight excluding hydrogens is 207 g/mol. The second kappa shape index (κ2) is 5.70. The molecule has 0 aromatic heterocycles. The Kier molecular flexibility index (Phi) is 4.88. The summed E-state index contributed by atoms with van der Waals surface area (Å²) < 4.78 is 22.9. The van der Waals surface area contributed by atoms with Gasteiger partial charge in [-0.15, -0.1) is 4.52 Å². The van der Waals surface area contributed by atoms with Crippen molar-refractivity contribution < 1.29 is 18.9 Å². The molecule has 0 saturated carbocycles. The number of aliphatic hydroxyl groups excluding tert-OH is 1. The lowest BCUT2D eigenvalue weighted by Gasteiger charge is -2.25. The van der Waals surface area contributed by atoms with E-state index in [9.17, 15) is 4.57 Å². The molecule has 0 aromatic carbocycles. The van der Waals surface area contributed by atoms with Crippen molar-refractivity contribution in [2.24, 2.45) is 0 Å². The molecule has 6 nitrogen and oxygen atoms in total. The van der Waals surface area contributed by atoms with E-state index in [4.69, 9.17) is 14.4 Å². The van der Waals surface area contributed by atoms with Crippen molar-refractivity contribution in [3.8, 4) is 0 Å². The van der Waals surface area contributed by atoms with Crippen molar-refractivity contribution in [3.05, 3.63) is 0 Å². The summed E-state index contributed by atoms with van der Waals surface area (Å²) in [5.41, 5.74) is 0. The average molecular weight is 223 g/mol. The summed E-state index contributed by atoms with van der Waals surface area (Å²) in [4.78, 5) is 0. The predicted octanol–water partition coefficient (Wildman–Crippen LogP) is -0.471. The second-order valence-corrected chi connectivity index (χ2v) is 4.79. The molecule has 2 N–H and O–H groups in total. The van der Waals surface area contributed by atoms with Crippen LogP contribution in [0.3, 0.4) is 0 Å². The molecule has 1 rings (SSSR count). The van der Waals surface area contributed by atoms with E-state index in [2.05, 4.69) is 5.32 Å². The van der Waals surface area contributed by atoms with Gasteiger partial charge in [0.1, 0.15) is 12.7 Å². The molecule has 0 radical (unpaired) electrons. The van der Waals surface area contributed by atoms with Gasteiger partial charge in [0.2, 0.25) is 0 Å². The quantitative estimate of drug-likeness (QED) is 0.628. The van der Waals surface area contributed by atoms with Crippen LogP contribution in [0.5, 0.6) is 0 Å². The highest BCUT2D eigenvalue weighted by Crippen LogP contribution is 2.24. The number of nitrogens with zero attached hydrogens (tertiary/aromatic N) is 1. The van der Waals surface area contributed by atoms with Crippen LogP contribution in [0.25, 0.3) is 0 Å². The molecular formula is C7H16N2O4P+. The summed E-state index contributed by atoms with van der Waals surface area (Å²) >= 11 is 0. The summed E-state index contributed by atoms with van der Waals surface area (Å²) in [6.07, 6.45) is -1.03. The van der Waals surface area contributed by atoms with Crippen molar-refractivity contribution in [2.45, 2.75) is 12.4 Å². The number of hydrogen-bond acceptors (Lipinski definition) is 5. The van der Waals surface area contributed by atoms with E-state index < -0.39 is 14.5 Å². The number of hydrogen-bond donors (Lipinski definition) is 2. The van der Waals surface area contributed by atoms with E-state index in [1.54, 1.807) is 14.1 Å². The Morgan fingerprint density at radius 3 is 2.93 bits per heavy atom. The Bertz CT molecular complexity index is 202. The SMILES string of the molecule is CN(C)[P+](=O)OC[C@@H]1CNC[C@H](O)O1. The van der Waals surface area contributed by atoms with Gasteiger partial charge in [-0.1, -0.05) is 4.67 Å². The molecule has 1 unspecified atom stereocenters. The standard InChI is InChI=1S/C7H16N2O4P/c1-9(2)14(11)12-5-6-3-8-4-7(10)13-6/h6-8,10H,3-5H2,1-2H3/q+1/t6-,7+/m0/s1. The third kappa shape index (κ3) is 3.96. The maximum absolute atomic E-state index is 11.2. The third-order valence-corrected chi connectivity index (χ3v) is 2.76. The topological polar surface area (TPSA) is 71.0 Å². The van der Waals surface area contributed by atoms with Gasteiger partial charge in [-0.3, -0.25) is 0 Å². The third-order valence-electron chi connectivity index (χ3n) is 1.74.